The van der Waals surface area contributed by atoms with Gasteiger partial charge in [0.1, 0.15) is 11.7 Å². The van der Waals surface area contributed by atoms with E-state index in [-0.39, 0.29) is 4.92 Å². The van der Waals surface area contributed by atoms with Crippen LogP contribution >= 0.6 is 0 Å². The Labute approximate surface area is 150 Å². The Bertz CT molecular complexity index is 1040. The van der Waals surface area contributed by atoms with Crippen LogP contribution in [0.1, 0.15) is 34.5 Å². The SMILES string of the molecule is Cc1[nH]c2ccccc2c1[C@H](c1ccco1)C(c1ccccc1)[N+](=O)[O-]. The number of aromatic amines is 1. The van der Waals surface area contributed by atoms with Crippen LogP contribution in [-0.2, 0) is 0 Å². The van der Waals surface area contributed by atoms with E-state index in [1.54, 1.807) is 24.5 Å². The predicted molar refractivity (Wildman–Crippen MR) is 99.8 cm³/mol. The Morgan fingerprint density at radius 3 is 2.42 bits per heavy atom. The van der Waals surface area contributed by atoms with Gasteiger partial charge in [-0.2, -0.15) is 0 Å². The van der Waals surface area contributed by atoms with Gasteiger partial charge in [-0.15, -0.1) is 0 Å². The smallest absolute Gasteiger partial charge is 0.252 e. The number of nitrogens with one attached hydrogen (secondary N) is 1. The molecule has 26 heavy (non-hydrogen) atoms. The zero-order valence-electron chi connectivity index (χ0n) is 14.3. The first-order valence-electron chi connectivity index (χ1n) is 8.46. The van der Waals surface area contributed by atoms with Gasteiger partial charge in [0.15, 0.2) is 0 Å². The second kappa shape index (κ2) is 6.52. The zero-order chi connectivity index (χ0) is 18.1. The minimum Gasteiger partial charge on any atom is -0.468 e. The van der Waals surface area contributed by atoms with E-state index in [1.165, 1.54) is 0 Å². The molecule has 0 aliphatic carbocycles. The molecule has 0 amide bonds. The first-order valence-corrected chi connectivity index (χ1v) is 8.46. The van der Waals surface area contributed by atoms with Gasteiger partial charge in [0, 0.05) is 27.1 Å². The lowest BCUT2D eigenvalue weighted by atomic mass is 9.84. The second-order valence-electron chi connectivity index (χ2n) is 6.34. The molecule has 2 heterocycles. The highest BCUT2D eigenvalue weighted by molar-refractivity contribution is 5.85. The molecule has 0 aliphatic rings. The molecule has 2 aromatic heterocycles. The third-order valence-electron chi connectivity index (χ3n) is 4.79. The quantitative estimate of drug-likeness (QED) is 0.398. The third kappa shape index (κ3) is 2.67. The summed E-state index contributed by atoms with van der Waals surface area (Å²) in [6, 6.07) is 19.6. The molecule has 5 nitrogen and oxygen atoms in total. The Kier molecular flexibility index (Phi) is 4.05. The maximum Gasteiger partial charge on any atom is 0.252 e. The summed E-state index contributed by atoms with van der Waals surface area (Å²) in [4.78, 5) is 15.3. The van der Waals surface area contributed by atoms with Crippen LogP contribution in [0, 0.1) is 17.0 Å². The van der Waals surface area contributed by atoms with Crippen LogP contribution < -0.4 is 0 Å². The number of rotatable bonds is 5. The van der Waals surface area contributed by atoms with Crippen molar-refractivity contribution in [3.8, 4) is 0 Å². The molecular formula is C21H18N2O3. The van der Waals surface area contributed by atoms with Crippen LogP contribution in [0.25, 0.3) is 10.9 Å². The lowest BCUT2D eigenvalue weighted by Crippen LogP contribution is -2.21. The van der Waals surface area contributed by atoms with Crippen molar-refractivity contribution >= 4 is 10.9 Å². The van der Waals surface area contributed by atoms with Crippen molar-refractivity contribution in [2.75, 3.05) is 0 Å². The summed E-state index contributed by atoms with van der Waals surface area (Å²) >= 11 is 0. The number of furan rings is 1. The molecule has 1 N–H and O–H groups in total. The van der Waals surface area contributed by atoms with E-state index in [2.05, 4.69) is 4.98 Å². The summed E-state index contributed by atoms with van der Waals surface area (Å²) in [5, 5.41) is 13.1. The Morgan fingerprint density at radius 2 is 1.73 bits per heavy atom. The monoisotopic (exact) mass is 346 g/mol. The van der Waals surface area contributed by atoms with E-state index in [9.17, 15) is 10.1 Å². The van der Waals surface area contributed by atoms with Crippen LogP contribution in [0.15, 0.2) is 77.4 Å². The van der Waals surface area contributed by atoms with Crippen LogP contribution in [-0.4, -0.2) is 9.91 Å². The highest BCUT2D eigenvalue weighted by Crippen LogP contribution is 2.43. The fourth-order valence-corrected chi connectivity index (χ4v) is 3.71. The van der Waals surface area contributed by atoms with E-state index < -0.39 is 12.0 Å². The third-order valence-corrected chi connectivity index (χ3v) is 4.79. The molecule has 0 saturated heterocycles. The maximum atomic E-state index is 12.1. The summed E-state index contributed by atoms with van der Waals surface area (Å²) in [6.45, 7) is 1.95. The first-order chi connectivity index (χ1) is 12.7. The van der Waals surface area contributed by atoms with Crippen molar-refractivity contribution in [2.45, 2.75) is 18.9 Å². The number of para-hydroxylation sites is 1. The molecule has 2 aromatic carbocycles. The lowest BCUT2D eigenvalue weighted by Gasteiger charge is -2.20. The minimum absolute atomic E-state index is 0.219. The fourth-order valence-electron chi connectivity index (χ4n) is 3.71. The van der Waals surface area contributed by atoms with Crippen LogP contribution in [0.5, 0.6) is 0 Å². The van der Waals surface area contributed by atoms with Crippen LogP contribution in [0.3, 0.4) is 0 Å². The number of benzene rings is 2. The van der Waals surface area contributed by atoms with Gasteiger partial charge in [0.05, 0.1) is 6.26 Å². The molecule has 0 saturated carbocycles. The average Bonchev–Trinajstić information content (AvgIpc) is 3.27. The fraction of sp³-hybridized carbons (Fsp3) is 0.143. The first kappa shape index (κ1) is 16.1. The Morgan fingerprint density at radius 1 is 1.00 bits per heavy atom. The number of hydrogen-bond acceptors (Lipinski definition) is 3. The van der Waals surface area contributed by atoms with Crippen molar-refractivity contribution in [1.82, 2.24) is 4.98 Å². The number of hydrogen-bond donors (Lipinski definition) is 1. The lowest BCUT2D eigenvalue weighted by molar-refractivity contribution is -0.532. The van der Waals surface area contributed by atoms with Crippen LogP contribution in [0.2, 0.25) is 0 Å². The average molecular weight is 346 g/mol. The molecule has 0 radical (unpaired) electrons. The van der Waals surface area contributed by atoms with Gasteiger partial charge in [-0.3, -0.25) is 10.1 Å². The number of nitrogens with zero attached hydrogens (tertiary/aromatic N) is 1. The van der Waals surface area contributed by atoms with Crippen molar-refractivity contribution < 1.29 is 9.34 Å². The molecule has 0 aliphatic heterocycles. The molecule has 130 valence electrons. The predicted octanol–water partition coefficient (Wildman–Crippen LogP) is 5.22. The highest BCUT2D eigenvalue weighted by Gasteiger charge is 2.39. The summed E-state index contributed by atoms with van der Waals surface area (Å²) in [5.41, 5.74) is 3.44. The van der Waals surface area contributed by atoms with Gasteiger partial charge >= 0.3 is 0 Å². The van der Waals surface area contributed by atoms with E-state index in [4.69, 9.17) is 4.42 Å². The minimum atomic E-state index is -0.944. The van der Waals surface area contributed by atoms with Gasteiger partial charge in [-0.05, 0) is 30.7 Å². The molecule has 0 spiro atoms. The summed E-state index contributed by atoms with van der Waals surface area (Å²) < 4.78 is 5.66. The van der Waals surface area contributed by atoms with Gasteiger partial charge in [-0.1, -0.05) is 48.5 Å². The van der Waals surface area contributed by atoms with Gasteiger partial charge in [0.25, 0.3) is 6.04 Å². The zero-order valence-corrected chi connectivity index (χ0v) is 14.3. The van der Waals surface area contributed by atoms with E-state index in [0.29, 0.717) is 11.3 Å². The van der Waals surface area contributed by atoms with Gasteiger partial charge in [0.2, 0.25) is 0 Å². The standard InChI is InChI=1S/C21H18N2O3/c1-14-19(16-10-5-6-11-17(16)22-14)20(18-12-7-13-26-18)21(23(24)25)15-8-3-2-4-9-15/h2-13,20-22H,1H3/t20-,21?/m0/s1. The second-order valence-corrected chi connectivity index (χ2v) is 6.34. The van der Waals surface area contributed by atoms with E-state index >= 15 is 0 Å². The summed E-state index contributed by atoms with van der Waals surface area (Å²) in [6.07, 6.45) is 1.56. The topological polar surface area (TPSA) is 72.1 Å². The molecule has 2 atom stereocenters. The summed E-state index contributed by atoms with van der Waals surface area (Å²) in [7, 11) is 0. The van der Waals surface area contributed by atoms with Crippen molar-refractivity contribution in [3.05, 3.63) is 106 Å². The number of fused-ring (bicyclic) bond motifs is 1. The number of aromatic nitrogens is 1. The highest BCUT2D eigenvalue weighted by atomic mass is 16.6. The molecule has 4 aromatic rings. The summed E-state index contributed by atoms with van der Waals surface area (Å²) in [5.74, 6) is 0.0574. The maximum absolute atomic E-state index is 12.1. The molecule has 0 fully saturated rings. The normalized spacial score (nSPS) is 13.6. The van der Waals surface area contributed by atoms with Gasteiger partial charge in [-0.25, -0.2) is 0 Å². The van der Waals surface area contributed by atoms with E-state index in [0.717, 1.165) is 22.2 Å². The number of H-pyrrole nitrogens is 1. The van der Waals surface area contributed by atoms with Gasteiger partial charge < -0.3 is 9.40 Å². The largest absolute Gasteiger partial charge is 0.468 e. The Hall–Kier alpha value is -3.34. The molecule has 4 rings (SSSR count). The van der Waals surface area contributed by atoms with Crippen molar-refractivity contribution in [3.63, 3.8) is 0 Å². The van der Waals surface area contributed by atoms with Crippen molar-refractivity contribution in [1.29, 1.82) is 0 Å². The molecule has 5 heteroatoms. The number of aryl methyl sites for hydroxylation is 1. The van der Waals surface area contributed by atoms with Crippen LogP contribution in [0.4, 0.5) is 0 Å². The molecular weight excluding hydrogens is 328 g/mol. The molecule has 1 unspecified atom stereocenters. The van der Waals surface area contributed by atoms with Crippen molar-refractivity contribution in [2.24, 2.45) is 0 Å². The Balaban J connectivity index is 1.98. The number of nitro groups is 1. The molecule has 0 bridgehead atoms. The van der Waals surface area contributed by atoms with E-state index in [1.807, 2.05) is 55.5 Å².